The van der Waals surface area contributed by atoms with E-state index in [0.29, 0.717) is 0 Å². The first-order valence-electron chi connectivity index (χ1n) is 1.19. The second-order valence-electron chi connectivity index (χ2n) is 0.598. The summed E-state index contributed by atoms with van der Waals surface area (Å²) >= 11 is 0. The van der Waals surface area contributed by atoms with Crippen LogP contribution in [0.1, 0.15) is 0 Å². The number of nitrogens with two attached hydrogens (primary N) is 1. The molecule has 0 heterocycles. The third kappa shape index (κ3) is 30.5. The van der Waals surface area contributed by atoms with Gasteiger partial charge in [0.2, 0.25) is 0 Å². The molecule has 8 heavy (non-hydrogen) atoms. The summed E-state index contributed by atoms with van der Waals surface area (Å²) in [5.74, 6) is -0.968. The number of carbonyl (C=O) groups is 1. The van der Waals surface area contributed by atoms with Crippen LogP contribution >= 0.6 is 0 Å². The molecule has 0 aromatic rings. The summed E-state index contributed by atoms with van der Waals surface area (Å²) in [5, 5.41) is 7.60. The Labute approximate surface area is 76.5 Å². The summed E-state index contributed by atoms with van der Waals surface area (Å²) in [4.78, 5) is 9.24. The fourth-order valence-corrected chi connectivity index (χ4v) is 0. The normalized spacial score (nSPS) is 4.62. The van der Waals surface area contributed by atoms with E-state index in [2.05, 4.69) is 5.73 Å². The molecule has 6 heteroatoms. The molecule has 0 aliphatic rings. The first-order valence-corrected chi connectivity index (χ1v) is 1.19. The van der Waals surface area contributed by atoms with Crippen molar-refractivity contribution in [3.8, 4) is 0 Å². The van der Waals surface area contributed by atoms with E-state index in [1.165, 1.54) is 0 Å². The molecule has 5 nitrogen and oxygen atoms in total. The molecular formula is C2H7CaNO4. The number of rotatable bonds is 1. The van der Waals surface area contributed by atoms with Crippen molar-refractivity contribution >= 4 is 43.7 Å². The summed E-state index contributed by atoms with van der Waals surface area (Å²) < 4.78 is 0. The minimum Gasteiger partial charge on any atom is -0.870 e. The van der Waals surface area contributed by atoms with Gasteiger partial charge in [-0.25, -0.2) is 0 Å². The van der Waals surface area contributed by atoms with Crippen molar-refractivity contribution in [1.82, 2.24) is 0 Å². The quantitative estimate of drug-likeness (QED) is 0.430. The van der Waals surface area contributed by atoms with E-state index in [-0.39, 0.29) is 55.2 Å². The van der Waals surface area contributed by atoms with E-state index >= 15 is 0 Å². The molecule has 0 aliphatic carbocycles. The standard InChI is InChI=1S/C2H5NO2.Ca.2H2O/c3-1-2(4)5;;;/h1,3H2,(H,4,5);;2*1H2/q;+2;;/p-2. The van der Waals surface area contributed by atoms with Gasteiger partial charge in [0.1, 0.15) is 0 Å². The molecular weight excluding hydrogens is 142 g/mol. The van der Waals surface area contributed by atoms with Crippen molar-refractivity contribution in [3.05, 3.63) is 0 Å². The molecule has 5 N–H and O–H groups in total. The smallest absolute Gasteiger partial charge is 0.870 e. The van der Waals surface area contributed by atoms with Gasteiger partial charge in [-0.05, 0) is 0 Å². The van der Waals surface area contributed by atoms with Crippen LogP contribution < -0.4 is 5.73 Å². The maximum absolute atomic E-state index is 9.24. The third-order valence-corrected chi connectivity index (χ3v) is 0.175. The molecule has 0 saturated carbocycles. The van der Waals surface area contributed by atoms with Crippen LogP contribution in [-0.2, 0) is 4.79 Å². The number of carboxylic acids is 1. The van der Waals surface area contributed by atoms with Gasteiger partial charge in [0.25, 0.3) is 0 Å². The SMILES string of the molecule is NCC(=O)O.[Ca+2].[OH-].[OH-]. The molecule has 0 saturated heterocycles. The first-order chi connectivity index (χ1) is 2.27. The number of hydrogen-bond acceptors (Lipinski definition) is 4. The molecule has 0 radical (unpaired) electrons. The van der Waals surface area contributed by atoms with Crippen molar-refractivity contribution < 1.29 is 20.9 Å². The van der Waals surface area contributed by atoms with Gasteiger partial charge in [-0.2, -0.15) is 0 Å². The van der Waals surface area contributed by atoms with Crippen molar-refractivity contribution in [2.24, 2.45) is 5.73 Å². The minimum atomic E-state index is -0.968. The molecule has 0 aromatic carbocycles. The van der Waals surface area contributed by atoms with Crippen LogP contribution in [0, 0.1) is 0 Å². The zero-order chi connectivity index (χ0) is 4.28. The largest absolute Gasteiger partial charge is 2.00 e. The van der Waals surface area contributed by atoms with Gasteiger partial charge in [-0.3, -0.25) is 4.79 Å². The van der Waals surface area contributed by atoms with E-state index < -0.39 is 5.97 Å². The van der Waals surface area contributed by atoms with Crippen LogP contribution in [0.2, 0.25) is 0 Å². The van der Waals surface area contributed by atoms with Crippen LogP contribution in [-0.4, -0.2) is 66.3 Å². The molecule has 0 unspecified atom stereocenters. The van der Waals surface area contributed by atoms with Crippen molar-refractivity contribution in [1.29, 1.82) is 0 Å². The van der Waals surface area contributed by atoms with Crippen molar-refractivity contribution in [3.63, 3.8) is 0 Å². The number of hydrogen-bond donors (Lipinski definition) is 2. The van der Waals surface area contributed by atoms with Gasteiger partial charge in [-0.15, -0.1) is 0 Å². The Balaban J connectivity index is -0.0000000267. The fraction of sp³-hybridized carbons (Fsp3) is 0.500. The predicted molar refractivity (Wildman–Crippen MR) is 26.3 cm³/mol. The molecule has 0 aliphatic heterocycles. The van der Waals surface area contributed by atoms with Crippen LogP contribution in [0.25, 0.3) is 0 Å². The van der Waals surface area contributed by atoms with Crippen LogP contribution in [0.5, 0.6) is 0 Å². The Kier molecular flexibility index (Phi) is 45.9. The molecule has 0 spiro atoms. The first kappa shape index (κ1) is 23.5. The second kappa shape index (κ2) is 15.6. The molecule has 0 bridgehead atoms. The Hall–Kier alpha value is 0.610. The van der Waals surface area contributed by atoms with E-state index in [1.54, 1.807) is 0 Å². The van der Waals surface area contributed by atoms with Gasteiger partial charge in [-0.1, -0.05) is 0 Å². The average molecular weight is 149 g/mol. The van der Waals surface area contributed by atoms with E-state index in [4.69, 9.17) is 5.11 Å². The molecule has 0 fully saturated rings. The van der Waals surface area contributed by atoms with Crippen molar-refractivity contribution in [2.45, 2.75) is 0 Å². The Morgan fingerprint density at radius 3 is 1.62 bits per heavy atom. The molecule has 46 valence electrons. The Morgan fingerprint density at radius 2 is 1.62 bits per heavy atom. The molecule has 0 atom stereocenters. The number of aliphatic carboxylic acids is 1. The summed E-state index contributed by atoms with van der Waals surface area (Å²) in [5.41, 5.74) is 4.57. The molecule has 0 amide bonds. The molecule has 0 aromatic heterocycles. The van der Waals surface area contributed by atoms with E-state index in [0.717, 1.165) is 0 Å². The van der Waals surface area contributed by atoms with Gasteiger partial charge in [0.05, 0.1) is 6.54 Å². The summed E-state index contributed by atoms with van der Waals surface area (Å²) in [6, 6.07) is 0. The van der Waals surface area contributed by atoms with Gasteiger partial charge < -0.3 is 21.8 Å². The molecule has 0 rings (SSSR count). The van der Waals surface area contributed by atoms with Gasteiger partial charge in [0.15, 0.2) is 0 Å². The second-order valence-corrected chi connectivity index (χ2v) is 0.598. The zero-order valence-corrected chi connectivity index (χ0v) is 6.45. The summed E-state index contributed by atoms with van der Waals surface area (Å²) in [7, 11) is 0. The Bertz CT molecular complexity index is 49.3. The Morgan fingerprint density at radius 1 is 1.50 bits per heavy atom. The summed E-state index contributed by atoms with van der Waals surface area (Å²) in [6.07, 6.45) is 0. The van der Waals surface area contributed by atoms with E-state index in [1.807, 2.05) is 0 Å². The third-order valence-electron chi connectivity index (χ3n) is 0.175. The minimum absolute atomic E-state index is 0. The van der Waals surface area contributed by atoms with Crippen LogP contribution in [0.4, 0.5) is 0 Å². The average Bonchev–Trinajstić information content (AvgIpc) is 1.38. The van der Waals surface area contributed by atoms with Gasteiger partial charge in [0, 0.05) is 0 Å². The van der Waals surface area contributed by atoms with Gasteiger partial charge >= 0.3 is 43.7 Å². The zero-order valence-electron chi connectivity index (χ0n) is 4.24. The fourth-order valence-electron chi connectivity index (χ4n) is 0. The topological polar surface area (TPSA) is 123 Å². The predicted octanol–water partition coefficient (Wildman–Crippen LogP) is -1.70. The maximum Gasteiger partial charge on any atom is 2.00 e. The van der Waals surface area contributed by atoms with Crippen LogP contribution in [0.15, 0.2) is 0 Å². The number of carboxylic acid groups (broad SMARTS) is 1. The monoisotopic (exact) mass is 149 g/mol. The van der Waals surface area contributed by atoms with Crippen LogP contribution in [0.3, 0.4) is 0 Å². The maximum atomic E-state index is 9.24. The summed E-state index contributed by atoms with van der Waals surface area (Å²) in [6.45, 7) is -0.278. The van der Waals surface area contributed by atoms with E-state index in [9.17, 15) is 4.79 Å². The van der Waals surface area contributed by atoms with Crippen molar-refractivity contribution in [2.75, 3.05) is 6.54 Å².